The van der Waals surface area contributed by atoms with Crippen LogP contribution in [0.1, 0.15) is 23.5 Å². The predicted octanol–water partition coefficient (Wildman–Crippen LogP) is 1.92. The first-order chi connectivity index (χ1) is 9.55. The molecule has 1 N–H and O–H groups in total. The second-order valence-corrected chi connectivity index (χ2v) is 9.90. The van der Waals surface area contributed by atoms with Gasteiger partial charge in [-0.15, -0.1) is 11.3 Å². The zero-order chi connectivity index (χ0) is 16.0. The molecule has 1 aliphatic heterocycles. The molecule has 118 valence electrons. The maximum Gasteiger partial charge on any atom is 0.345 e. The number of carboxylic acids is 1. The summed E-state index contributed by atoms with van der Waals surface area (Å²) in [4.78, 5) is 13.1. The van der Waals surface area contributed by atoms with Gasteiger partial charge in [0.1, 0.15) is 9.77 Å². The molecule has 0 amide bonds. The summed E-state index contributed by atoms with van der Waals surface area (Å²) in [5, 5.41) is 8.99. The van der Waals surface area contributed by atoms with Crippen LogP contribution in [-0.2, 0) is 10.0 Å². The number of hydrogen-bond donors (Lipinski definition) is 1. The fourth-order valence-electron chi connectivity index (χ4n) is 2.17. The molecule has 1 aromatic rings. The minimum Gasteiger partial charge on any atom is -0.477 e. The average molecular weight is 397 g/mol. The minimum atomic E-state index is -3.69. The number of carboxylic acid groups (broad SMARTS) is 1. The Kier molecular flexibility index (Phi) is 4.52. The number of nitrogens with zero attached hydrogens (tertiary/aromatic N) is 2. The van der Waals surface area contributed by atoms with Gasteiger partial charge in [-0.1, -0.05) is 0 Å². The molecular formula is C12H17BrN2O4S2. The summed E-state index contributed by atoms with van der Waals surface area (Å²) in [6.45, 7) is 5.38. The molecule has 1 fully saturated rings. The Labute approximate surface area is 136 Å². The van der Waals surface area contributed by atoms with Crippen molar-refractivity contribution in [1.29, 1.82) is 0 Å². The molecular weight excluding hydrogens is 380 g/mol. The standard InChI is InChI=1S/C12H17BrN2O4S2/c1-12(2)7-15(5-4-14(12)3)21(18,19)9-6-8(11(16)17)20-10(9)13/h6H,4-5,7H2,1-3H3,(H,16,17). The maximum atomic E-state index is 12.7. The second-order valence-electron chi connectivity index (χ2n) is 5.63. The third-order valence-corrected chi connectivity index (χ3v) is 7.85. The summed E-state index contributed by atoms with van der Waals surface area (Å²) in [5.41, 5.74) is -0.260. The Balaban J connectivity index is 2.37. The molecule has 0 saturated carbocycles. The SMILES string of the molecule is CN1CCN(S(=O)(=O)c2cc(C(=O)O)sc2Br)CC1(C)C. The highest BCUT2D eigenvalue weighted by atomic mass is 79.9. The number of piperazine rings is 1. The number of aromatic carboxylic acids is 1. The van der Waals surface area contributed by atoms with Crippen LogP contribution in [0.3, 0.4) is 0 Å². The molecule has 0 bridgehead atoms. The summed E-state index contributed by atoms with van der Waals surface area (Å²) in [6.07, 6.45) is 0. The van der Waals surface area contributed by atoms with Crippen molar-refractivity contribution in [3.63, 3.8) is 0 Å². The second kappa shape index (κ2) is 5.62. The van der Waals surface area contributed by atoms with Crippen molar-refractivity contribution in [2.45, 2.75) is 24.3 Å². The lowest BCUT2D eigenvalue weighted by atomic mass is 10.0. The zero-order valence-corrected chi connectivity index (χ0v) is 15.2. The van der Waals surface area contributed by atoms with Gasteiger partial charge in [0.2, 0.25) is 10.0 Å². The fourth-order valence-corrected chi connectivity index (χ4v) is 6.11. The molecule has 2 rings (SSSR count). The quantitative estimate of drug-likeness (QED) is 0.844. The van der Waals surface area contributed by atoms with Crippen molar-refractivity contribution < 1.29 is 18.3 Å². The zero-order valence-electron chi connectivity index (χ0n) is 12.0. The van der Waals surface area contributed by atoms with Crippen molar-refractivity contribution >= 4 is 43.3 Å². The van der Waals surface area contributed by atoms with E-state index in [1.54, 1.807) is 0 Å². The van der Waals surface area contributed by atoms with E-state index < -0.39 is 16.0 Å². The van der Waals surface area contributed by atoms with Gasteiger partial charge in [-0.2, -0.15) is 4.31 Å². The normalized spacial score (nSPS) is 20.6. The van der Waals surface area contributed by atoms with Gasteiger partial charge in [0.05, 0.1) is 3.79 Å². The summed E-state index contributed by atoms with van der Waals surface area (Å²) in [6, 6.07) is 1.22. The van der Waals surface area contributed by atoms with Gasteiger partial charge in [0.15, 0.2) is 0 Å². The topological polar surface area (TPSA) is 77.9 Å². The highest BCUT2D eigenvalue weighted by Gasteiger charge is 2.38. The molecule has 0 atom stereocenters. The van der Waals surface area contributed by atoms with Gasteiger partial charge in [-0.3, -0.25) is 4.90 Å². The van der Waals surface area contributed by atoms with Crippen LogP contribution in [0, 0.1) is 0 Å². The van der Waals surface area contributed by atoms with E-state index in [9.17, 15) is 13.2 Å². The van der Waals surface area contributed by atoms with Crippen molar-refractivity contribution in [2.24, 2.45) is 0 Å². The number of thiophene rings is 1. The number of hydrogen-bond acceptors (Lipinski definition) is 5. The van der Waals surface area contributed by atoms with Crippen LogP contribution in [0.4, 0.5) is 0 Å². The highest BCUT2D eigenvalue weighted by Crippen LogP contribution is 2.35. The van der Waals surface area contributed by atoms with Gasteiger partial charge in [-0.25, -0.2) is 13.2 Å². The lowest BCUT2D eigenvalue weighted by molar-refractivity contribution is 0.0702. The van der Waals surface area contributed by atoms with Gasteiger partial charge in [0.25, 0.3) is 0 Å². The Morgan fingerprint density at radius 1 is 1.43 bits per heavy atom. The van der Waals surface area contributed by atoms with E-state index in [2.05, 4.69) is 20.8 Å². The molecule has 0 unspecified atom stereocenters. The first kappa shape index (κ1) is 16.9. The van der Waals surface area contributed by atoms with Crippen LogP contribution in [-0.4, -0.2) is 60.9 Å². The van der Waals surface area contributed by atoms with Gasteiger partial charge in [0, 0.05) is 25.2 Å². The van der Waals surface area contributed by atoms with Crippen LogP contribution < -0.4 is 0 Å². The smallest absolute Gasteiger partial charge is 0.345 e. The number of halogens is 1. The Morgan fingerprint density at radius 3 is 2.52 bits per heavy atom. The molecule has 9 heteroatoms. The molecule has 1 aliphatic rings. The third kappa shape index (κ3) is 3.16. The van der Waals surface area contributed by atoms with E-state index in [-0.39, 0.29) is 15.3 Å². The monoisotopic (exact) mass is 396 g/mol. The number of rotatable bonds is 3. The molecule has 0 aliphatic carbocycles. The van der Waals surface area contributed by atoms with E-state index in [0.29, 0.717) is 23.4 Å². The van der Waals surface area contributed by atoms with Crippen molar-refractivity contribution in [3.05, 3.63) is 14.7 Å². The van der Waals surface area contributed by atoms with E-state index in [1.807, 2.05) is 20.9 Å². The summed E-state index contributed by atoms with van der Waals surface area (Å²) in [5.74, 6) is -1.12. The molecule has 2 heterocycles. The fraction of sp³-hybridized carbons (Fsp3) is 0.583. The Hall–Kier alpha value is -0.480. The maximum absolute atomic E-state index is 12.7. The van der Waals surface area contributed by atoms with Crippen molar-refractivity contribution in [2.75, 3.05) is 26.7 Å². The minimum absolute atomic E-state index is 0.00818. The van der Waals surface area contributed by atoms with Crippen LogP contribution in [0.2, 0.25) is 0 Å². The van der Waals surface area contributed by atoms with Crippen LogP contribution in [0.15, 0.2) is 14.7 Å². The lowest BCUT2D eigenvalue weighted by Crippen LogP contribution is -2.58. The van der Waals surface area contributed by atoms with Crippen LogP contribution >= 0.6 is 27.3 Å². The molecule has 21 heavy (non-hydrogen) atoms. The molecule has 0 radical (unpaired) electrons. The molecule has 1 aromatic heterocycles. The van der Waals surface area contributed by atoms with Crippen LogP contribution in [0.25, 0.3) is 0 Å². The van der Waals surface area contributed by atoms with Gasteiger partial charge in [-0.05, 0) is 42.9 Å². The molecule has 0 spiro atoms. The summed E-state index contributed by atoms with van der Waals surface area (Å²) < 4.78 is 27.2. The molecule has 0 aromatic carbocycles. The van der Waals surface area contributed by atoms with E-state index >= 15 is 0 Å². The van der Waals surface area contributed by atoms with Crippen LogP contribution in [0.5, 0.6) is 0 Å². The average Bonchev–Trinajstić information content (AvgIpc) is 2.75. The summed E-state index contributed by atoms with van der Waals surface area (Å²) >= 11 is 4.08. The van der Waals surface area contributed by atoms with Crippen molar-refractivity contribution in [1.82, 2.24) is 9.21 Å². The van der Waals surface area contributed by atoms with E-state index in [1.165, 1.54) is 10.4 Å². The number of carbonyl (C=O) groups is 1. The first-order valence-corrected chi connectivity index (χ1v) is 9.34. The molecule has 1 saturated heterocycles. The van der Waals surface area contributed by atoms with Gasteiger partial charge < -0.3 is 5.11 Å². The Morgan fingerprint density at radius 2 is 2.05 bits per heavy atom. The third-order valence-electron chi connectivity index (χ3n) is 3.77. The summed E-state index contributed by atoms with van der Waals surface area (Å²) in [7, 11) is -1.73. The van der Waals surface area contributed by atoms with E-state index in [4.69, 9.17) is 5.11 Å². The van der Waals surface area contributed by atoms with Gasteiger partial charge >= 0.3 is 5.97 Å². The Bertz CT molecular complexity index is 669. The molecule has 6 nitrogen and oxygen atoms in total. The predicted molar refractivity (Wildman–Crippen MR) is 84.4 cm³/mol. The largest absolute Gasteiger partial charge is 0.477 e. The van der Waals surface area contributed by atoms with E-state index in [0.717, 1.165) is 11.3 Å². The van der Waals surface area contributed by atoms with Crippen molar-refractivity contribution in [3.8, 4) is 0 Å². The number of sulfonamides is 1. The highest BCUT2D eigenvalue weighted by molar-refractivity contribution is 9.11. The number of likely N-dealkylation sites (N-methyl/N-ethyl adjacent to an activating group) is 1. The first-order valence-electron chi connectivity index (χ1n) is 6.30. The lowest BCUT2D eigenvalue weighted by Gasteiger charge is -2.44.